The van der Waals surface area contributed by atoms with E-state index in [2.05, 4.69) is 0 Å². The first-order valence-corrected chi connectivity index (χ1v) is 5.35. The third-order valence-electron chi connectivity index (χ3n) is 2.42. The summed E-state index contributed by atoms with van der Waals surface area (Å²) >= 11 is 0. The molecule has 0 radical (unpaired) electrons. The molecule has 1 atom stereocenters. The van der Waals surface area contributed by atoms with Crippen LogP contribution in [-0.2, 0) is 16.0 Å². The minimum absolute atomic E-state index is 0.272. The average molecular weight is 221 g/mol. The van der Waals surface area contributed by atoms with Crippen molar-refractivity contribution in [2.45, 2.75) is 18.9 Å². The van der Waals surface area contributed by atoms with E-state index in [0.717, 1.165) is 17.9 Å². The highest BCUT2D eigenvalue weighted by Gasteiger charge is 2.22. The molecule has 1 fully saturated rings. The van der Waals surface area contributed by atoms with Gasteiger partial charge >= 0.3 is 0 Å². The summed E-state index contributed by atoms with van der Waals surface area (Å²) in [7, 11) is 0. The Morgan fingerprint density at radius 2 is 2.12 bits per heavy atom. The number of rotatable bonds is 6. The maximum absolute atomic E-state index is 10.6. The highest BCUT2D eigenvalue weighted by molar-refractivity contribution is 5.73. The zero-order valence-corrected chi connectivity index (χ0v) is 9.02. The molecule has 0 aliphatic carbocycles. The molecule has 0 spiro atoms. The molecular weight excluding hydrogens is 206 g/mol. The molecular formula is C12H15NO3. The van der Waals surface area contributed by atoms with Gasteiger partial charge in [0.05, 0.1) is 6.61 Å². The lowest BCUT2D eigenvalue weighted by atomic mass is 10.1. The summed E-state index contributed by atoms with van der Waals surface area (Å²) in [4.78, 5) is 10.6. The van der Waals surface area contributed by atoms with Gasteiger partial charge in [-0.15, -0.1) is 0 Å². The zero-order chi connectivity index (χ0) is 11.4. The lowest BCUT2D eigenvalue weighted by molar-refractivity contribution is -0.117. The van der Waals surface area contributed by atoms with Gasteiger partial charge in [0, 0.05) is 6.42 Å². The zero-order valence-electron chi connectivity index (χ0n) is 9.02. The predicted octanol–water partition coefficient (Wildman–Crippen LogP) is 0.882. The molecule has 1 heterocycles. The molecule has 1 aliphatic rings. The number of hydrogen-bond acceptors (Lipinski definition) is 3. The first kappa shape index (κ1) is 11.0. The van der Waals surface area contributed by atoms with Gasteiger partial charge in [0.25, 0.3) is 0 Å². The van der Waals surface area contributed by atoms with Gasteiger partial charge in [-0.3, -0.25) is 4.79 Å². The summed E-state index contributed by atoms with van der Waals surface area (Å²) in [6.07, 6.45) is 1.34. The Morgan fingerprint density at radius 1 is 1.44 bits per heavy atom. The fourth-order valence-electron chi connectivity index (χ4n) is 1.37. The summed E-state index contributed by atoms with van der Waals surface area (Å²) in [5.74, 6) is 0.560. The van der Waals surface area contributed by atoms with E-state index in [1.54, 1.807) is 0 Å². The van der Waals surface area contributed by atoms with Gasteiger partial charge in [0.1, 0.15) is 18.5 Å². The summed E-state index contributed by atoms with van der Waals surface area (Å²) in [6.45, 7) is 1.41. The molecule has 1 amide bonds. The van der Waals surface area contributed by atoms with Crippen LogP contribution >= 0.6 is 0 Å². The second-order valence-electron chi connectivity index (χ2n) is 3.88. The molecule has 2 rings (SSSR count). The minimum Gasteiger partial charge on any atom is -0.491 e. The van der Waals surface area contributed by atoms with Crippen LogP contribution in [0.3, 0.4) is 0 Å². The number of hydrogen-bond donors (Lipinski definition) is 1. The number of benzene rings is 1. The van der Waals surface area contributed by atoms with E-state index in [-0.39, 0.29) is 12.0 Å². The number of epoxide rings is 1. The molecule has 1 unspecified atom stereocenters. The Hall–Kier alpha value is -1.55. The Bertz CT molecular complexity index is 357. The van der Waals surface area contributed by atoms with Gasteiger partial charge in [0.2, 0.25) is 5.91 Å². The lowest BCUT2D eigenvalue weighted by Gasteiger charge is -2.05. The maximum Gasteiger partial charge on any atom is 0.217 e. The number of aryl methyl sites for hydroxylation is 1. The first-order valence-electron chi connectivity index (χ1n) is 5.35. The van der Waals surface area contributed by atoms with Crippen LogP contribution in [0.25, 0.3) is 0 Å². The smallest absolute Gasteiger partial charge is 0.217 e. The lowest BCUT2D eigenvalue weighted by Crippen LogP contribution is -2.11. The highest BCUT2D eigenvalue weighted by Crippen LogP contribution is 2.16. The van der Waals surface area contributed by atoms with Crippen LogP contribution in [0, 0.1) is 0 Å². The topological polar surface area (TPSA) is 64.9 Å². The minimum atomic E-state index is -0.272. The molecule has 0 saturated carbocycles. The number of nitrogens with two attached hydrogens (primary N) is 1. The maximum atomic E-state index is 10.6. The SMILES string of the molecule is NC(=O)CCc1ccc(OCC2CO2)cc1. The van der Waals surface area contributed by atoms with Gasteiger partial charge in [-0.1, -0.05) is 12.1 Å². The van der Waals surface area contributed by atoms with Crippen LogP contribution in [0.1, 0.15) is 12.0 Å². The molecule has 0 aromatic heterocycles. The second-order valence-corrected chi connectivity index (χ2v) is 3.88. The molecule has 1 aliphatic heterocycles. The normalized spacial score (nSPS) is 18.1. The quantitative estimate of drug-likeness (QED) is 0.725. The Kier molecular flexibility index (Phi) is 3.41. The van der Waals surface area contributed by atoms with E-state index in [1.165, 1.54) is 0 Å². The van der Waals surface area contributed by atoms with Gasteiger partial charge < -0.3 is 15.2 Å². The number of carbonyl (C=O) groups excluding carboxylic acids is 1. The molecule has 0 bridgehead atoms. The van der Waals surface area contributed by atoms with Crippen LogP contribution in [0.2, 0.25) is 0 Å². The number of primary amides is 1. The molecule has 4 heteroatoms. The third-order valence-corrected chi connectivity index (χ3v) is 2.42. The van der Waals surface area contributed by atoms with Crippen LogP contribution in [0.4, 0.5) is 0 Å². The van der Waals surface area contributed by atoms with E-state index < -0.39 is 0 Å². The fraction of sp³-hybridized carbons (Fsp3) is 0.417. The number of amides is 1. The van der Waals surface area contributed by atoms with Gasteiger partial charge in [0.15, 0.2) is 0 Å². The van der Waals surface area contributed by atoms with E-state index in [4.69, 9.17) is 15.2 Å². The molecule has 1 aromatic carbocycles. The molecule has 1 aromatic rings. The Labute approximate surface area is 94.3 Å². The standard InChI is InChI=1S/C12H15NO3/c13-12(14)6-3-9-1-4-10(5-2-9)15-7-11-8-16-11/h1-2,4-5,11H,3,6-8H2,(H2,13,14). The van der Waals surface area contributed by atoms with Crippen molar-refractivity contribution >= 4 is 5.91 Å². The second kappa shape index (κ2) is 4.99. The summed E-state index contributed by atoms with van der Waals surface area (Å²) in [5.41, 5.74) is 6.17. The molecule has 1 saturated heterocycles. The Morgan fingerprint density at radius 3 is 2.69 bits per heavy atom. The van der Waals surface area contributed by atoms with Crippen molar-refractivity contribution in [1.29, 1.82) is 0 Å². The summed E-state index contributed by atoms with van der Waals surface area (Å²) in [6, 6.07) is 7.70. The van der Waals surface area contributed by atoms with E-state index in [0.29, 0.717) is 19.4 Å². The van der Waals surface area contributed by atoms with Gasteiger partial charge in [-0.05, 0) is 24.1 Å². The van der Waals surface area contributed by atoms with Crippen molar-refractivity contribution in [3.8, 4) is 5.75 Å². The van der Waals surface area contributed by atoms with Crippen molar-refractivity contribution in [3.63, 3.8) is 0 Å². The first-order chi connectivity index (χ1) is 7.74. The van der Waals surface area contributed by atoms with E-state index in [9.17, 15) is 4.79 Å². The Balaban J connectivity index is 1.80. The van der Waals surface area contributed by atoms with E-state index >= 15 is 0 Å². The fourth-order valence-corrected chi connectivity index (χ4v) is 1.37. The van der Waals surface area contributed by atoms with Crippen molar-refractivity contribution < 1.29 is 14.3 Å². The number of ether oxygens (including phenoxy) is 2. The van der Waals surface area contributed by atoms with Crippen molar-refractivity contribution in [1.82, 2.24) is 0 Å². The molecule has 86 valence electrons. The van der Waals surface area contributed by atoms with Gasteiger partial charge in [-0.25, -0.2) is 0 Å². The van der Waals surface area contributed by atoms with Crippen LogP contribution in [-0.4, -0.2) is 25.2 Å². The van der Waals surface area contributed by atoms with Crippen molar-refractivity contribution in [3.05, 3.63) is 29.8 Å². The van der Waals surface area contributed by atoms with Crippen LogP contribution in [0.15, 0.2) is 24.3 Å². The van der Waals surface area contributed by atoms with Crippen LogP contribution in [0.5, 0.6) is 5.75 Å². The van der Waals surface area contributed by atoms with Crippen molar-refractivity contribution in [2.24, 2.45) is 5.73 Å². The third kappa shape index (κ3) is 3.55. The summed E-state index contributed by atoms with van der Waals surface area (Å²) < 4.78 is 10.5. The number of carbonyl (C=O) groups is 1. The van der Waals surface area contributed by atoms with Crippen molar-refractivity contribution in [2.75, 3.05) is 13.2 Å². The predicted molar refractivity (Wildman–Crippen MR) is 59.2 cm³/mol. The average Bonchev–Trinajstić information content (AvgIpc) is 3.09. The van der Waals surface area contributed by atoms with E-state index in [1.807, 2.05) is 24.3 Å². The monoisotopic (exact) mass is 221 g/mol. The summed E-state index contributed by atoms with van der Waals surface area (Å²) in [5, 5.41) is 0. The molecule has 4 nitrogen and oxygen atoms in total. The van der Waals surface area contributed by atoms with Crippen LogP contribution < -0.4 is 10.5 Å². The molecule has 16 heavy (non-hydrogen) atoms. The highest BCUT2D eigenvalue weighted by atomic mass is 16.6. The molecule has 2 N–H and O–H groups in total. The van der Waals surface area contributed by atoms with Gasteiger partial charge in [-0.2, -0.15) is 0 Å². The largest absolute Gasteiger partial charge is 0.491 e.